The van der Waals surface area contributed by atoms with Gasteiger partial charge in [0.1, 0.15) is 11.6 Å². The van der Waals surface area contributed by atoms with E-state index in [-0.39, 0.29) is 23.9 Å². The minimum absolute atomic E-state index is 0.000218. The number of ether oxygens (including phenoxy) is 1. The number of carbonyl (C=O) groups is 1. The summed E-state index contributed by atoms with van der Waals surface area (Å²) in [5.41, 5.74) is 1.23. The van der Waals surface area contributed by atoms with Gasteiger partial charge in [-0.3, -0.25) is 4.79 Å². The smallest absolute Gasteiger partial charge is 0.237 e. The van der Waals surface area contributed by atoms with Crippen LogP contribution in [0.5, 0.6) is 0 Å². The van der Waals surface area contributed by atoms with Crippen LogP contribution in [-0.2, 0) is 9.53 Å². The number of hydrogen-bond acceptors (Lipinski definition) is 7. The van der Waals surface area contributed by atoms with Gasteiger partial charge in [-0.15, -0.1) is 0 Å². The second kappa shape index (κ2) is 11.2. The number of hydrogen-bond donors (Lipinski definition) is 4. The molecule has 8 nitrogen and oxygen atoms in total. The lowest BCUT2D eigenvalue weighted by Gasteiger charge is -2.10. The third-order valence-electron chi connectivity index (χ3n) is 4.85. The van der Waals surface area contributed by atoms with Crippen molar-refractivity contribution in [3.63, 3.8) is 0 Å². The number of unbranched alkanes of at least 4 members (excludes halogenated alkanes) is 1. The molecule has 3 rings (SSSR count). The van der Waals surface area contributed by atoms with Crippen molar-refractivity contribution in [1.82, 2.24) is 20.6 Å². The topological polar surface area (TPSA) is 100 Å². The van der Waals surface area contributed by atoms with Crippen LogP contribution < -0.4 is 21.3 Å². The highest BCUT2D eigenvalue weighted by Gasteiger charge is 2.28. The molecule has 1 unspecified atom stereocenters. The Kier molecular flexibility index (Phi) is 8.15. The van der Waals surface area contributed by atoms with E-state index < -0.39 is 0 Å². The van der Waals surface area contributed by atoms with Gasteiger partial charge in [-0.2, -0.15) is 4.98 Å². The van der Waals surface area contributed by atoms with Gasteiger partial charge in [0.2, 0.25) is 11.9 Å². The van der Waals surface area contributed by atoms with E-state index >= 15 is 0 Å². The molecule has 2 aromatic rings. The van der Waals surface area contributed by atoms with Gasteiger partial charge in [0.15, 0.2) is 0 Å². The highest BCUT2D eigenvalue weighted by atomic mass is 19.1. The van der Waals surface area contributed by atoms with Gasteiger partial charge in [-0.1, -0.05) is 17.9 Å². The SMILES string of the molecule is CNc1nc(Nc2cccc(F)c2)ncc1C#CCCCNC(=O)C1C[C@H](OC)CN1. The van der Waals surface area contributed by atoms with Crippen molar-refractivity contribution in [3.8, 4) is 11.8 Å². The standard InChI is InChI=1S/C22H27FN6O2/c1-24-20-15(13-27-22(29-20)28-17-9-6-8-16(23)11-17)7-4-3-5-10-25-21(30)19-12-18(31-2)14-26-19/h6,8-9,11,13,18-19,26H,3,5,10,12,14H2,1-2H3,(H,25,30)(H2,24,27,28,29)/t18-,19?/m0/s1. The third-order valence-corrected chi connectivity index (χ3v) is 4.85. The molecule has 2 atom stereocenters. The van der Waals surface area contributed by atoms with Crippen LogP contribution in [-0.4, -0.2) is 55.3 Å². The first-order chi connectivity index (χ1) is 15.1. The summed E-state index contributed by atoms with van der Waals surface area (Å²) in [6, 6.07) is 5.90. The lowest BCUT2D eigenvalue weighted by atomic mass is 10.2. The molecule has 1 amide bonds. The van der Waals surface area contributed by atoms with E-state index in [0.717, 1.165) is 6.42 Å². The number of carbonyl (C=O) groups excluding carboxylic acids is 1. The van der Waals surface area contributed by atoms with Crippen LogP contribution in [0.4, 0.5) is 21.8 Å². The van der Waals surface area contributed by atoms with Crippen LogP contribution in [0.3, 0.4) is 0 Å². The largest absolute Gasteiger partial charge is 0.380 e. The molecular formula is C22H27FN6O2. The van der Waals surface area contributed by atoms with Crippen molar-refractivity contribution in [1.29, 1.82) is 0 Å². The number of nitrogens with zero attached hydrogens (tertiary/aromatic N) is 2. The maximum absolute atomic E-state index is 13.3. The van der Waals surface area contributed by atoms with Crippen LogP contribution in [0.1, 0.15) is 24.8 Å². The first kappa shape index (κ1) is 22.5. The number of anilines is 3. The molecule has 1 aliphatic rings. The summed E-state index contributed by atoms with van der Waals surface area (Å²) in [5, 5.41) is 12.0. The summed E-state index contributed by atoms with van der Waals surface area (Å²) in [6.07, 6.45) is 3.78. The maximum Gasteiger partial charge on any atom is 0.237 e. The van der Waals surface area contributed by atoms with Gasteiger partial charge in [-0.05, 0) is 31.0 Å². The van der Waals surface area contributed by atoms with Crippen LogP contribution in [0.2, 0.25) is 0 Å². The predicted octanol–water partition coefficient (Wildman–Crippen LogP) is 2.03. The number of aromatic nitrogens is 2. The van der Waals surface area contributed by atoms with Crippen LogP contribution in [0.15, 0.2) is 30.5 Å². The number of benzene rings is 1. The van der Waals surface area contributed by atoms with Gasteiger partial charge in [0, 0.05) is 39.4 Å². The monoisotopic (exact) mass is 426 g/mol. The Morgan fingerprint density at radius 2 is 2.29 bits per heavy atom. The fraction of sp³-hybridized carbons (Fsp3) is 0.409. The number of amides is 1. The second-order valence-corrected chi connectivity index (χ2v) is 7.09. The van der Waals surface area contributed by atoms with E-state index in [1.54, 1.807) is 32.5 Å². The summed E-state index contributed by atoms with van der Waals surface area (Å²) in [6.45, 7) is 1.27. The Morgan fingerprint density at radius 3 is 3.03 bits per heavy atom. The van der Waals surface area contributed by atoms with Gasteiger partial charge in [0.25, 0.3) is 0 Å². The summed E-state index contributed by atoms with van der Waals surface area (Å²) >= 11 is 0. The summed E-state index contributed by atoms with van der Waals surface area (Å²) < 4.78 is 18.6. The second-order valence-electron chi connectivity index (χ2n) is 7.09. The molecule has 0 radical (unpaired) electrons. The van der Waals surface area contributed by atoms with Crippen molar-refractivity contribution >= 4 is 23.4 Å². The van der Waals surface area contributed by atoms with E-state index in [2.05, 4.69) is 43.1 Å². The zero-order valence-electron chi connectivity index (χ0n) is 17.7. The molecule has 1 aromatic carbocycles. The van der Waals surface area contributed by atoms with Crippen molar-refractivity contribution in [3.05, 3.63) is 41.8 Å². The first-order valence-electron chi connectivity index (χ1n) is 10.2. The Labute approximate surface area is 181 Å². The van der Waals surface area contributed by atoms with Crippen LogP contribution in [0, 0.1) is 17.7 Å². The average Bonchev–Trinajstić information content (AvgIpc) is 3.26. The molecular weight excluding hydrogens is 399 g/mol. The molecule has 31 heavy (non-hydrogen) atoms. The molecule has 0 saturated carbocycles. The van der Waals surface area contributed by atoms with Crippen LogP contribution in [0.25, 0.3) is 0 Å². The fourth-order valence-corrected chi connectivity index (χ4v) is 3.17. The van der Waals surface area contributed by atoms with Gasteiger partial charge in [-0.25, -0.2) is 9.37 Å². The van der Waals surface area contributed by atoms with E-state index in [1.807, 2.05) is 0 Å². The first-order valence-corrected chi connectivity index (χ1v) is 10.2. The van der Waals surface area contributed by atoms with E-state index in [1.165, 1.54) is 12.1 Å². The quantitative estimate of drug-likeness (QED) is 0.379. The Balaban J connectivity index is 1.46. The number of methoxy groups -OCH3 is 1. The molecule has 9 heteroatoms. The minimum atomic E-state index is -0.337. The average molecular weight is 426 g/mol. The van der Waals surface area contributed by atoms with E-state index in [9.17, 15) is 9.18 Å². The molecule has 1 aliphatic heterocycles. The third kappa shape index (κ3) is 6.64. The fourth-order valence-electron chi connectivity index (χ4n) is 3.17. The Morgan fingerprint density at radius 1 is 1.42 bits per heavy atom. The Hall–Kier alpha value is -3.22. The van der Waals surface area contributed by atoms with Gasteiger partial charge in [0.05, 0.1) is 23.9 Å². The van der Waals surface area contributed by atoms with Crippen LogP contribution >= 0.6 is 0 Å². The van der Waals surface area contributed by atoms with E-state index in [4.69, 9.17) is 4.74 Å². The summed E-state index contributed by atoms with van der Waals surface area (Å²) in [5.74, 6) is 6.73. The molecule has 164 valence electrons. The highest BCUT2D eigenvalue weighted by Crippen LogP contribution is 2.17. The molecule has 1 saturated heterocycles. The molecule has 1 fully saturated rings. The normalized spacial score (nSPS) is 17.5. The lowest BCUT2D eigenvalue weighted by molar-refractivity contribution is -0.122. The van der Waals surface area contributed by atoms with Crippen molar-refractivity contribution in [2.75, 3.05) is 37.9 Å². The zero-order chi connectivity index (χ0) is 22.1. The van der Waals surface area contributed by atoms with E-state index in [0.29, 0.717) is 48.9 Å². The Bertz CT molecular complexity index is 959. The maximum atomic E-state index is 13.3. The molecule has 2 heterocycles. The van der Waals surface area contributed by atoms with Crippen molar-refractivity contribution in [2.24, 2.45) is 0 Å². The number of nitrogens with one attached hydrogen (secondary N) is 4. The zero-order valence-corrected chi connectivity index (χ0v) is 17.7. The number of halogens is 1. The minimum Gasteiger partial charge on any atom is -0.380 e. The van der Waals surface area contributed by atoms with Crippen molar-refractivity contribution < 1.29 is 13.9 Å². The summed E-state index contributed by atoms with van der Waals surface area (Å²) in [7, 11) is 3.41. The summed E-state index contributed by atoms with van der Waals surface area (Å²) in [4.78, 5) is 20.7. The van der Waals surface area contributed by atoms with Gasteiger partial charge < -0.3 is 26.0 Å². The molecule has 0 aliphatic carbocycles. The molecule has 0 bridgehead atoms. The molecule has 1 aromatic heterocycles. The van der Waals surface area contributed by atoms with Gasteiger partial charge >= 0.3 is 0 Å². The predicted molar refractivity (Wildman–Crippen MR) is 118 cm³/mol. The number of rotatable bonds is 8. The molecule has 4 N–H and O–H groups in total. The highest BCUT2D eigenvalue weighted by molar-refractivity contribution is 5.82. The molecule has 0 spiro atoms. The van der Waals surface area contributed by atoms with Crippen molar-refractivity contribution in [2.45, 2.75) is 31.4 Å². The lowest BCUT2D eigenvalue weighted by Crippen LogP contribution is -2.40.